The molecule has 0 unspecified atom stereocenters. The van der Waals surface area contributed by atoms with Gasteiger partial charge in [0.2, 0.25) is 5.91 Å². The molecule has 0 aromatic heterocycles. The monoisotopic (exact) mass is 276 g/mol. The average molecular weight is 276 g/mol. The van der Waals surface area contributed by atoms with Crippen molar-refractivity contribution in [2.75, 3.05) is 30.4 Å². The molecule has 5 heteroatoms. The van der Waals surface area contributed by atoms with Gasteiger partial charge in [0.25, 0.3) is 0 Å². The Balaban J connectivity index is 2.34. The molecule has 1 heterocycles. The van der Waals surface area contributed by atoms with Crippen molar-refractivity contribution in [2.24, 2.45) is 0 Å². The number of carbonyl (C=O) groups excluding carboxylic acids is 2. The van der Waals surface area contributed by atoms with Crippen molar-refractivity contribution in [3.63, 3.8) is 0 Å². The smallest absolute Gasteiger partial charge is 0.337 e. The van der Waals surface area contributed by atoms with Gasteiger partial charge in [-0.2, -0.15) is 0 Å². The van der Waals surface area contributed by atoms with Gasteiger partial charge in [0.15, 0.2) is 0 Å². The van der Waals surface area contributed by atoms with E-state index in [9.17, 15) is 9.59 Å². The summed E-state index contributed by atoms with van der Waals surface area (Å²) >= 11 is 0. The lowest BCUT2D eigenvalue weighted by atomic mass is 10.1. The fourth-order valence-electron chi connectivity index (χ4n) is 2.35. The van der Waals surface area contributed by atoms with Gasteiger partial charge < -0.3 is 15.0 Å². The number of methoxy groups -OCH3 is 1. The molecular formula is C15H20N2O3. The van der Waals surface area contributed by atoms with Crippen LogP contribution in [0.3, 0.4) is 0 Å². The van der Waals surface area contributed by atoms with Crippen molar-refractivity contribution in [1.82, 2.24) is 0 Å². The van der Waals surface area contributed by atoms with Crippen LogP contribution < -0.4 is 10.2 Å². The highest BCUT2D eigenvalue weighted by atomic mass is 16.5. The zero-order valence-electron chi connectivity index (χ0n) is 11.9. The van der Waals surface area contributed by atoms with Crippen molar-refractivity contribution in [3.05, 3.63) is 23.8 Å². The second-order valence-corrected chi connectivity index (χ2v) is 4.82. The molecule has 1 fully saturated rings. The van der Waals surface area contributed by atoms with E-state index in [2.05, 4.69) is 10.2 Å². The summed E-state index contributed by atoms with van der Waals surface area (Å²) in [4.78, 5) is 25.5. The maximum atomic E-state index is 11.7. The number of carbonyl (C=O) groups is 2. The van der Waals surface area contributed by atoms with Gasteiger partial charge in [-0.05, 0) is 31.0 Å². The molecule has 0 atom stereocenters. The lowest BCUT2D eigenvalue weighted by Crippen LogP contribution is -2.21. The predicted octanol–water partition coefficient (Wildman–Crippen LogP) is 2.42. The molecule has 0 bridgehead atoms. The number of nitrogens with zero attached hydrogens (tertiary/aromatic N) is 1. The molecule has 1 aliphatic heterocycles. The third kappa shape index (κ3) is 3.10. The van der Waals surface area contributed by atoms with Crippen LogP contribution in [0.5, 0.6) is 0 Å². The van der Waals surface area contributed by atoms with E-state index >= 15 is 0 Å². The van der Waals surface area contributed by atoms with Gasteiger partial charge in [-0.1, -0.05) is 6.92 Å². The maximum Gasteiger partial charge on any atom is 0.337 e. The van der Waals surface area contributed by atoms with E-state index in [0.29, 0.717) is 17.7 Å². The van der Waals surface area contributed by atoms with Crippen LogP contribution in [0, 0.1) is 0 Å². The Morgan fingerprint density at radius 3 is 2.60 bits per heavy atom. The minimum Gasteiger partial charge on any atom is -0.465 e. The molecular weight excluding hydrogens is 256 g/mol. The van der Waals surface area contributed by atoms with E-state index in [1.165, 1.54) is 7.11 Å². The normalized spacial score (nSPS) is 14.2. The number of nitrogens with one attached hydrogen (secondary N) is 1. The van der Waals surface area contributed by atoms with E-state index in [1.54, 1.807) is 19.1 Å². The minimum absolute atomic E-state index is 0.0625. The van der Waals surface area contributed by atoms with Crippen LogP contribution >= 0.6 is 0 Å². The molecule has 1 saturated heterocycles. The Labute approximate surface area is 118 Å². The molecule has 0 radical (unpaired) electrons. The van der Waals surface area contributed by atoms with Gasteiger partial charge in [0.05, 0.1) is 24.0 Å². The Morgan fingerprint density at radius 2 is 2.00 bits per heavy atom. The number of anilines is 2. The topological polar surface area (TPSA) is 58.6 Å². The number of rotatable bonds is 4. The Morgan fingerprint density at radius 1 is 1.30 bits per heavy atom. The summed E-state index contributed by atoms with van der Waals surface area (Å²) in [6, 6.07) is 5.30. The number of benzene rings is 1. The molecule has 108 valence electrons. The summed E-state index contributed by atoms with van der Waals surface area (Å²) in [6.45, 7) is 3.76. The first-order valence-corrected chi connectivity index (χ1v) is 6.93. The van der Waals surface area contributed by atoms with Crippen molar-refractivity contribution >= 4 is 23.3 Å². The van der Waals surface area contributed by atoms with Gasteiger partial charge in [-0.25, -0.2) is 4.79 Å². The van der Waals surface area contributed by atoms with Crippen molar-refractivity contribution in [2.45, 2.75) is 26.2 Å². The molecule has 0 spiro atoms. The fourth-order valence-corrected chi connectivity index (χ4v) is 2.35. The first kappa shape index (κ1) is 14.4. The number of hydrogen-bond acceptors (Lipinski definition) is 4. The van der Waals surface area contributed by atoms with Crippen LogP contribution in [-0.4, -0.2) is 32.1 Å². The van der Waals surface area contributed by atoms with Crippen LogP contribution in [0.25, 0.3) is 0 Å². The quantitative estimate of drug-likeness (QED) is 0.858. The standard InChI is InChI=1S/C15H20N2O3/c1-3-14(18)16-12-10-11(15(19)20-2)6-7-13(12)17-8-4-5-9-17/h6-7,10H,3-5,8-9H2,1-2H3,(H,16,18). The molecule has 0 aliphatic carbocycles. The molecule has 1 N–H and O–H groups in total. The van der Waals surface area contributed by atoms with Crippen molar-refractivity contribution in [1.29, 1.82) is 0 Å². The lowest BCUT2D eigenvalue weighted by molar-refractivity contribution is -0.115. The molecule has 1 aromatic rings. The summed E-state index contributed by atoms with van der Waals surface area (Å²) in [5, 5.41) is 2.87. The van der Waals surface area contributed by atoms with Crippen LogP contribution in [0.2, 0.25) is 0 Å². The Kier molecular flexibility index (Phi) is 4.61. The van der Waals surface area contributed by atoms with E-state index in [-0.39, 0.29) is 5.91 Å². The third-order valence-corrected chi connectivity index (χ3v) is 3.46. The highest BCUT2D eigenvalue weighted by Crippen LogP contribution is 2.30. The zero-order chi connectivity index (χ0) is 14.5. The molecule has 5 nitrogen and oxygen atoms in total. The molecule has 2 rings (SSSR count). The van der Waals surface area contributed by atoms with E-state index in [0.717, 1.165) is 31.6 Å². The van der Waals surface area contributed by atoms with E-state index in [4.69, 9.17) is 4.74 Å². The number of esters is 1. The Hall–Kier alpha value is -2.04. The van der Waals surface area contributed by atoms with Gasteiger partial charge in [-0.15, -0.1) is 0 Å². The molecule has 1 aromatic carbocycles. The number of hydrogen-bond donors (Lipinski definition) is 1. The second kappa shape index (κ2) is 6.41. The second-order valence-electron chi connectivity index (χ2n) is 4.82. The van der Waals surface area contributed by atoms with Crippen LogP contribution in [0.1, 0.15) is 36.5 Å². The average Bonchev–Trinajstić information content (AvgIpc) is 3.00. The third-order valence-electron chi connectivity index (χ3n) is 3.46. The largest absolute Gasteiger partial charge is 0.465 e. The zero-order valence-corrected chi connectivity index (χ0v) is 11.9. The molecule has 0 saturated carbocycles. The lowest BCUT2D eigenvalue weighted by Gasteiger charge is -2.22. The first-order chi connectivity index (χ1) is 9.65. The summed E-state index contributed by atoms with van der Waals surface area (Å²) in [6.07, 6.45) is 2.71. The van der Waals surface area contributed by atoms with Gasteiger partial charge >= 0.3 is 5.97 Å². The van der Waals surface area contributed by atoms with Crippen LogP contribution in [0.15, 0.2) is 18.2 Å². The summed E-state index contributed by atoms with van der Waals surface area (Å²) in [7, 11) is 1.35. The highest BCUT2D eigenvalue weighted by Gasteiger charge is 2.18. The molecule has 1 amide bonds. The van der Waals surface area contributed by atoms with E-state index in [1.807, 2.05) is 6.07 Å². The number of amides is 1. The SMILES string of the molecule is CCC(=O)Nc1cc(C(=O)OC)ccc1N1CCCC1. The predicted molar refractivity (Wildman–Crippen MR) is 78.1 cm³/mol. The fraction of sp³-hybridized carbons (Fsp3) is 0.467. The van der Waals surface area contributed by atoms with Crippen LogP contribution in [0.4, 0.5) is 11.4 Å². The highest BCUT2D eigenvalue weighted by molar-refractivity contribution is 5.98. The maximum absolute atomic E-state index is 11.7. The van der Waals surface area contributed by atoms with Gasteiger partial charge in [0, 0.05) is 19.5 Å². The minimum atomic E-state index is -0.398. The summed E-state index contributed by atoms with van der Waals surface area (Å²) in [5.41, 5.74) is 2.10. The summed E-state index contributed by atoms with van der Waals surface area (Å²) < 4.78 is 4.72. The molecule has 1 aliphatic rings. The summed E-state index contributed by atoms with van der Waals surface area (Å²) in [5.74, 6) is -0.461. The van der Waals surface area contributed by atoms with Crippen LogP contribution in [-0.2, 0) is 9.53 Å². The van der Waals surface area contributed by atoms with Crippen molar-refractivity contribution in [3.8, 4) is 0 Å². The van der Waals surface area contributed by atoms with Crippen molar-refractivity contribution < 1.29 is 14.3 Å². The molecule has 20 heavy (non-hydrogen) atoms. The van der Waals surface area contributed by atoms with Gasteiger partial charge in [0.1, 0.15) is 0 Å². The number of ether oxygens (including phenoxy) is 1. The Bertz CT molecular complexity index is 508. The van der Waals surface area contributed by atoms with E-state index < -0.39 is 5.97 Å². The first-order valence-electron chi connectivity index (χ1n) is 6.93. The van der Waals surface area contributed by atoms with Gasteiger partial charge in [-0.3, -0.25) is 4.79 Å².